The highest BCUT2D eigenvalue weighted by Crippen LogP contribution is 2.53. The molecule has 19 heavy (non-hydrogen) atoms. The Labute approximate surface area is 129 Å². The first-order chi connectivity index (χ1) is 9.17. The molecule has 2 heteroatoms. The second-order valence-electron chi connectivity index (χ2n) is 6.49. The molecule has 0 spiro atoms. The smallest absolute Gasteiger partial charge is 0.136 e. The molecule has 3 rings (SSSR count). The topological polar surface area (TPSA) is 0 Å². The number of fused-ring (bicyclic) bond motifs is 1. The average Bonchev–Trinajstić information content (AvgIpc) is 2.91. The van der Waals surface area contributed by atoms with Gasteiger partial charge in [0.05, 0.1) is 0 Å². The van der Waals surface area contributed by atoms with E-state index in [1.807, 2.05) is 6.07 Å². The molecule has 0 amide bonds. The van der Waals surface area contributed by atoms with Gasteiger partial charge < -0.3 is 0 Å². The van der Waals surface area contributed by atoms with E-state index in [4.69, 9.17) is 0 Å². The molecule has 104 valence electrons. The minimum Gasteiger partial charge on any atom is -0.206 e. The Bertz CT molecular complexity index is 443. The molecule has 0 aliphatic heterocycles. The maximum absolute atomic E-state index is 13.7. The summed E-state index contributed by atoms with van der Waals surface area (Å²) in [6, 6.07) is 5.84. The van der Waals surface area contributed by atoms with Crippen LogP contribution in [-0.2, 0) is 0 Å². The molecule has 2 unspecified atom stereocenters. The van der Waals surface area contributed by atoms with Gasteiger partial charge in [-0.15, -0.1) is 0 Å². The highest BCUT2D eigenvalue weighted by Gasteiger charge is 2.41. The Morgan fingerprint density at radius 1 is 1.16 bits per heavy atom. The summed E-state index contributed by atoms with van der Waals surface area (Å²) >= 11 is 2.07. The van der Waals surface area contributed by atoms with E-state index in [-0.39, 0.29) is 5.82 Å². The van der Waals surface area contributed by atoms with Gasteiger partial charge in [-0.1, -0.05) is 25.8 Å². The zero-order valence-corrected chi connectivity index (χ0v) is 13.7. The fourth-order valence-corrected chi connectivity index (χ4v) is 4.76. The van der Waals surface area contributed by atoms with Crippen LogP contribution in [0.15, 0.2) is 18.2 Å². The van der Waals surface area contributed by atoms with Gasteiger partial charge in [-0.3, -0.25) is 0 Å². The lowest BCUT2D eigenvalue weighted by atomic mass is 9.91. The van der Waals surface area contributed by atoms with Crippen LogP contribution in [0, 0.1) is 27.1 Å². The molecule has 0 radical (unpaired) electrons. The predicted molar refractivity (Wildman–Crippen MR) is 85.7 cm³/mol. The second kappa shape index (κ2) is 5.71. The first-order valence-electron chi connectivity index (χ1n) is 7.62. The molecule has 0 saturated heterocycles. The van der Waals surface area contributed by atoms with Crippen LogP contribution in [0.2, 0.25) is 0 Å². The summed E-state index contributed by atoms with van der Waals surface area (Å²) < 4.78 is 14.4. The van der Waals surface area contributed by atoms with Gasteiger partial charge in [0.25, 0.3) is 0 Å². The van der Waals surface area contributed by atoms with Gasteiger partial charge in [0.15, 0.2) is 0 Å². The summed E-state index contributed by atoms with van der Waals surface area (Å²) in [6.07, 6.45) is 8.20. The lowest BCUT2D eigenvalue weighted by molar-refractivity contribution is 0.439. The second-order valence-corrected chi connectivity index (χ2v) is 7.65. The van der Waals surface area contributed by atoms with Crippen molar-refractivity contribution in [3.63, 3.8) is 0 Å². The molecule has 0 bridgehead atoms. The van der Waals surface area contributed by atoms with Gasteiger partial charge in [0, 0.05) is 3.57 Å². The maximum atomic E-state index is 13.7. The Kier molecular flexibility index (Phi) is 4.16. The molecule has 2 aliphatic carbocycles. The van der Waals surface area contributed by atoms with Crippen LogP contribution in [0.3, 0.4) is 0 Å². The third kappa shape index (κ3) is 2.84. The van der Waals surface area contributed by atoms with Crippen molar-refractivity contribution < 1.29 is 4.39 Å². The maximum Gasteiger partial charge on any atom is 0.136 e. The van der Waals surface area contributed by atoms with Crippen molar-refractivity contribution >= 4 is 22.6 Å². The molecule has 0 N–H and O–H groups in total. The van der Waals surface area contributed by atoms with E-state index in [2.05, 4.69) is 35.6 Å². The van der Waals surface area contributed by atoms with Crippen LogP contribution in [0.1, 0.15) is 56.9 Å². The van der Waals surface area contributed by atoms with Gasteiger partial charge in [0.1, 0.15) is 5.82 Å². The van der Waals surface area contributed by atoms with Crippen LogP contribution >= 0.6 is 22.6 Å². The van der Waals surface area contributed by atoms with Crippen molar-refractivity contribution in [2.24, 2.45) is 17.8 Å². The van der Waals surface area contributed by atoms with E-state index in [9.17, 15) is 4.39 Å². The van der Waals surface area contributed by atoms with Gasteiger partial charge in [-0.2, -0.15) is 0 Å². The fourth-order valence-electron chi connectivity index (χ4n) is 4.42. The highest BCUT2D eigenvalue weighted by molar-refractivity contribution is 14.1. The van der Waals surface area contributed by atoms with E-state index in [0.717, 1.165) is 21.3 Å². The SMILES string of the molecule is CCCC1CC2CC(c3ccc(I)c(F)c3)CC2C1. The van der Waals surface area contributed by atoms with Crippen molar-refractivity contribution in [1.29, 1.82) is 0 Å². The summed E-state index contributed by atoms with van der Waals surface area (Å²) in [6.45, 7) is 2.30. The summed E-state index contributed by atoms with van der Waals surface area (Å²) in [5, 5.41) is 0. The standard InChI is InChI=1S/C17H22FI/c1-2-3-11-6-13-8-15(9-14(13)7-11)12-4-5-17(19)16(18)10-12/h4-5,10-11,13-15H,2-3,6-9H2,1H3. The lowest BCUT2D eigenvalue weighted by Gasteiger charge is -2.15. The number of rotatable bonds is 3. The summed E-state index contributed by atoms with van der Waals surface area (Å²) in [5.41, 5.74) is 1.24. The Balaban J connectivity index is 1.66. The van der Waals surface area contributed by atoms with E-state index in [0.29, 0.717) is 5.92 Å². The van der Waals surface area contributed by atoms with E-state index >= 15 is 0 Å². The summed E-state index contributed by atoms with van der Waals surface area (Å²) in [5.74, 6) is 3.39. The number of hydrogen-bond acceptors (Lipinski definition) is 0. The normalized spacial score (nSPS) is 33.6. The van der Waals surface area contributed by atoms with Crippen molar-refractivity contribution in [2.45, 2.75) is 51.4 Å². The monoisotopic (exact) mass is 372 g/mol. The first-order valence-corrected chi connectivity index (χ1v) is 8.70. The van der Waals surface area contributed by atoms with Gasteiger partial charge in [-0.05, 0) is 89.6 Å². The van der Waals surface area contributed by atoms with Crippen molar-refractivity contribution in [2.75, 3.05) is 0 Å². The molecule has 1 aromatic carbocycles. The Hall–Kier alpha value is -0.120. The number of benzene rings is 1. The van der Waals surface area contributed by atoms with Crippen LogP contribution in [-0.4, -0.2) is 0 Å². The molecule has 0 heterocycles. The third-order valence-electron chi connectivity index (χ3n) is 5.23. The van der Waals surface area contributed by atoms with Gasteiger partial charge >= 0.3 is 0 Å². The van der Waals surface area contributed by atoms with Crippen molar-refractivity contribution in [1.82, 2.24) is 0 Å². The molecule has 1 aromatic rings. The zero-order chi connectivity index (χ0) is 13.4. The van der Waals surface area contributed by atoms with E-state index in [1.165, 1.54) is 44.1 Å². The molecule has 0 nitrogen and oxygen atoms in total. The zero-order valence-electron chi connectivity index (χ0n) is 11.5. The van der Waals surface area contributed by atoms with Crippen molar-refractivity contribution in [3.05, 3.63) is 33.1 Å². The lowest BCUT2D eigenvalue weighted by Crippen LogP contribution is -2.00. The minimum atomic E-state index is -0.0426. The molecular weight excluding hydrogens is 350 g/mol. The number of hydrogen-bond donors (Lipinski definition) is 0. The number of halogens is 2. The Morgan fingerprint density at radius 3 is 2.42 bits per heavy atom. The quantitative estimate of drug-likeness (QED) is 0.593. The highest BCUT2D eigenvalue weighted by atomic mass is 127. The van der Waals surface area contributed by atoms with Crippen LogP contribution in [0.25, 0.3) is 0 Å². The van der Waals surface area contributed by atoms with Crippen LogP contribution in [0.4, 0.5) is 4.39 Å². The van der Waals surface area contributed by atoms with Gasteiger partial charge in [0.2, 0.25) is 0 Å². The Morgan fingerprint density at radius 2 is 1.84 bits per heavy atom. The van der Waals surface area contributed by atoms with E-state index in [1.54, 1.807) is 6.07 Å². The fraction of sp³-hybridized carbons (Fsp3) is 0.647. The average molecular weight is 372 g/mol. The third-order valence-corrected chi connectivity index (χ3v) is 6.10. The van der Waals surface area contributed by atoms with Crippen LogP contribution < -0.4 is 0 Å². The molecule has 0 aromatic heterocycles. The first kappa shape index (κ1) is 13.8. The summed E-state index contributed by atoms with van der Waals surface area (Å²) in [4.78, 5) is 0. The molecule has 2 aliphatic rings. The predicted octanol–water partition coefficient (Wildman–Crippen LogP) is 5.75. The minimum absolute atomic E-state index is 0.0426. The molecule has 2 fully saturated rings. The molecule has 2 atom stereocenters. The largest absolute Gasteiger partial charge is 0.206 e. The van der Waals surface area contributed by atoms with Crippen LogP contribution in [0.5, 0.6) is 0 Å². The summed E-state index contributed by atoms with van der Waals surface area (Å²) in [7, 11) is 0. The molecular formula is C17H22FI. The van der Waals surface area contributed by atoms with E-state index < -0.39 is 0 Å². The van der Waals surface area contributed by atoms with Gasteiger partial charge in [-0.25, -0.2) is 4.39 Å². The molecule has 2 saturated carbocycles. The van der Waals surface area contributed by atoms with Crippen molar-refractivity contribution in [3.8, 4) is 0 Å².